The molecule has 5 nitrogen and oxygen atoms in total. The van der Waals surface area contributed by atoms with E-state index in [1.165, 1.54) is 19.3 Å². The van der Waals surface area contributed by atoms with Crippen LogP contribution in [-0.4, -0.2) is 32.0 Å². The van der Waals surface area contributed by atoms with Crippen LogP contribution in [-0.2, 0) is 4.79 Å². The summed E-state index contributed by atoms with van der Waals surface area (Å²) in [6, 6.07) is 7.07. The predicted octanol–water partition coefficient (Wildman–Crippen LogP) is 2.76. The minimum atomic E-state index is -0.145. The first kappa shape index (κ1) is 17.4. The van der Waals surface area contributed by atoms with Crippen molar-refractivity contribution in [3.8, 4) is 5.75 Å². The van der Waals surface area contributed by atoms with Crippen LogP contribution in [0.1, 0.15) is 48.9 Å². The molecule has 2 N–H and O–H groups in total. The molecule has 0 saturated heterocycles. The van der Waals surface area contributed by atoms with Crippen molar-refractivity contribution < 1.29 is 14.3 Å². The summed E-state index contributed by atoms with van der Waals surface area (Å²) < 4.78 is 5.14. The minimum absolute atomic E-state index is 0.119. The normalized spacial score (nSPS) is 31.5. The van der Waals surface area contributed by atoms with E-state index in [4.69, 9.17) is 4.74 Å². The smallest absolute Gasteiger partial charge is 0.251 e. The first-order chi connectivity index (χ1) is 12.6. The van der Waals surface area contributed by atoms with Crippen molar-refractivity contribution in [2.75, 3.05) is 20.2 Å². The summed E-state index contributed by atoms with van der Waals surface area (Å²) in [4.78, 5) is 25.1. The Kier molecular flexibility index (Phi) is 4.63. The van der Waals surface area contributed by atoms with Crippen molar-refractivity contribution >= 4 is 11.8 Å². The van der Waals surface area contributed by atoms with Gasteiger partial charge in [0.05, 0.1) is 7.11 Å². The number of hydrogen-bond donors (Lipinski definition) is 2. The van der Waals surface area contributed by atoms with Gasteiger partial charge in [0.2, 0.25) is 5.91 Å². The van der Waals surface area contributed by atoms with Gasteiger partial charge in [0, 0.05) is 24.1 Å². The van der Waals surface area contributed by atoms with Gasteiger partial charge in [-0.15, -0.1) is 0 Å². The highest BCUT2D eigenvalue weighted by Gasteiger charge is 2.54. The monoisotopic (exact) mass is 356 g/mol. The summed E-state index contributed by atoms with van der Waals surface area (Å²) >= 11 is 0. The van der Waals surface area contributed by atoms with Crippen LogP contribution in [0.25, 0.3) is 0 Å². The average molecular weight is 356 g/mol. The van der Waals surface area contributed by atoms with Gasteiger partial charge in [0.25, 0.3) is 5.91 Å². The lowest BCUT2D eigenvalue weighted by molar-refractivity contribution is -0.146. The van der Waals surface area contributed by atoms with Gasteiger partial charge < -0.3 is 15.4 Å². The van der Waals surface area contributed by atoms with Crippen molar-refractivity contribution in [2.24, 2.45) is 23.2 Å². The second-order valence-corrected chi connectivity index (χ2v) is 8.44. The molecule has 1 aromatic rings. The zero-order valence-corrected chi connectivity index (χ0v) is 15.4. The van der Waals surface area contributed by atoms with E-state index >= 15 is 0 Å². The molecule has 5 rings (SSSR count). The molecule has 4 bridgehead atoms. The first-order valence-corrected chi connectivity index (χ1v) is 9.78. The highest BCUT2D eigenvalue weighted by Crippen LogP contribution is 2.60. The fraction of sp³-hybridized carbons (Fsp3) is 0.619. The molecule has 26 heavy (non-hydrogen) atoms. The summed E-state index contributed by atoms with van der Waals surface area (Å²) in [6.07, 6.45) is 7.22. The molecule has 5 heteroatoms. The second-order valence-electron chi connectivity index (χ2n) is 8.44. The van der Waals surface area contributed by atoms with Crippen LogP contribution >= 0.6 is 0 Å². The second kappa shape index (κ2) is 6.93. The van der Waals surface area contributed by atoms with E-state index in [9.17, 15) is 9.59 Å². The molecule has 140 valence electrons. The quantitative estimate of drug-likeness (QED) is 0.770. The van der Waals surface area contributed by atoms with Crippen LogP contribution in [0.3, 0.4) is 0 Å². The van der Waals surface area contributed by atoms with Gasteiger partial charge in [-0.1, -0.05) is 6.07 Å². The molecule has 0 aliphatic heterocycles. The molecule has 0 radical (unpaired) electrons. The number of methoxy groups -OCH3 is 1. The Morgan fingerprint density at radius 2 is 1.65 bits per heavy atom. The summed E-state index contributed by atoms with van der Waals surface area (Å²) in [5.41, 5.74) is 0.447. The van der Waals surface area contributed by atoms with E-state index in [1.807, 2.05) is 6.07 Å². The van der Waals surface area contributed by atoms with Gasteiger partial charge >= 0.3 is 0 Å². The van der Waals surface area contributed by atoms with Crippen molar-refractivity contribution in [3.05, 3.63) is 29.8 Å². The van der Waals surface area contributed by atoms with E-state index in [0.29, 0.717) is 24.4 Å². The summed E-state index contributed by atoms with van der Waals surface area (Å²) in [7, 11) is 1.58. The third kappa shape index (κ3) is 3.31. The van der Waals surface area contributed by atoms with Gasteiger partial charge in [-0.05, 0) is 74.5 Å². The number of nitrogens with one attached hydrogen (secondary N) is 2. The molecule has 4 aliphatic rings. The van der Waals surface area contributed by atoms with E-state index in [1.54, 1.807) is 25.3 Å². The number of amides is 2. The maximum atomic E-state index is 12.9. The van der Waals surface area contributed by atoms with Gasteiger partial charge in [0.15, 0.2) is 0 Å². The largest absolute Gasteiger partial charge is 0.497 e. The molecular formula is C21H28N2O3. The lowest BCUT2D eigenvalue weighted by Crippen LogP contribution is -2.54. The zero-order chi connectivity index (χ0) is 18.1. The molecule has 4 saturated carbocycles. The van der Waals surface area contributed by atoms with Crippen LogP contribution < -0.4 is 15.4 Å². The maximum Gasteiger partial charge on any atom is 0.251 e. The molecule has 0 atom stereocenters. The summed E-state index contributed by atoms with van der Waals surface area (Å²) in [5, 5.41) is 5.96. The molecule has 1 aromatic carbocycles. The Balaban J connectivity index is 1.26. The van der Waals surface area contributed by atoms with E-state index in [-0.39, 0.29) is 17.2 Å². The standard InChI is InChI=1S/C21H28N2O3/c1-26-18-4-2-3-17(10-18)19(24)22-5-6-23-20(25)21-11-14-7-15(12-21)9-16(8-14)13-21/h2-4,10,14-16H,5-9,11-13H2,1H3,(H,22,24)(H,23,25). The van der Waals surface area contributed by atoms with Crippen molar-refractivity contribution in [2.45, 2.75) is 38.5 Å². The van der Waals surface area contributed by atoms with Gasteiger partial charge in [-0.3, -0.25) is 9.59 Å². The topological polar surface area (TPSA) is 67.4 Å². The van der Waals surface area contributed by atoms with Gasteiger partial charge in [-0.2, -0.15) is 0 Å². The Morgan fingerprint density at radius 1 is 1.04 bits per heavy atom. The highest BCUT2D eigenvalue weighted by atomic mass is 16.5. The average Bonchev–Trinajstić information content (AvgIpc) is 2.63. The number of carbonyl (C=O) groups is 2. The Bertz CT molecular complexity index is 665. The van der Waals surface area contributed by atoms with Gasteiger partial charge in [0.1, 0.15) is 5.75 Å². The number of benzene rings is 1. The Morgan fingerprint density at radius 3 is 2.27 bits per heavy atom. The number of ether oxygens (including phenoxy) is 1. The fourth-order valence-electron chi connectivity index (χ4n) is 5.79. The molecular weight excluding hydrogens is 328 g/mol. The van der Waals surface area contributed by atoms with Crippen LogP contribution in [0.5, 0.6) is 5.75 Å². The van der Waals surface area contributed by atoms with Crippen LogP contribution in [0.15, 0.2) is 24.3 Å². The first-order valence-electron chi connectivity index (χ1n) is 9.78. The maximum absolute atomic E-state index is 12.9. The van der Waals surface area contributed by atoms with Crippen LogP contribution in [0.2, 0.25) is 0 Å². The molecule has 4 fully saturated rings. The zero-order valence-electron chi connectivity index (χ0n) is 15.4. The number of hydrogen-bond acceptors (Lipinski definition) is 3. The number of rotatable bonds is 6. The Labute approximate surface area is 154 Å². The predicted molar refractivity (Wildman–Crippen MR) is 98.9 cm³/mol. The molecule has 2 amide bonds. The van der Waals surface area contributed by atoms with Crippen molar-refractivity contribution in [1.29, 1.82) is 0 Å². The molecule has 4 aliphatic carbocycles. The molecule has 0 unspecified atom stereocenters. The minimum Gasteiger partial charge on any atom is -0.497 e. The molecule has 0 aromatic heterocycles. The number of carbonyl (C=O) groups excluding carboxylic acids is 2. The molecule has 0 spiro atoms. The van der Waals surface area contributed by atoms with Gasteiger partial charge in [-0.25, -0.2) is 0 Å². The summed E-state index contributed by atoms with van der Waals surface area (Å²) in [5.74, 6) is 3.02. The molecule has 0 heterocycles. The van der Waals surface area contributed by atoms with Crippen molar-refractivity contribution in [1.82, 2.24) is 10.6 Å². The van der Waals surface area contributed by atoms with E-state index in [2.05, 4.69) is 10.6 Å². The third-order valence-corrected chi connectivity index (χ3v) is 6.55. The SMILES string of the molecule is COc1cccc(C(=O)NCCNC(=O)C23CC4CC(CC(C4)C2)C3)c1. The lowest BCUT2D eigenvalue weighted by atomic mass is 9.49. The van der Waals surface area contributed by atoms with E-state index in [0.717, 1.165) is 37.0 Å². The van der Waals surface area contributed by atoms with Crippen LogP contribution in [0, 0.1) is 23.2 Å². The highest BCUT2D eigenvalue weighted by molar-refractivity contribution is 5.94. The lowest BCUT2D eigenvalue weighted by Gasteiger charge is -2.55. The third-order valence-electron chi connectivity index (χ3n) is 6.55. The Hall–Kier alpha value is -2.04. The van der Waals surface area contributed by atoms with E-state index < -0.39 is 0 Å². The fourth-order valence-corrected chi connectivity index (χ4v) is 5.79. The summed E-state index contributed by atoms with van der Waals surface area (Å²) in [6.45, 7) is 0.921. The van der Waals surface area contributed by atoms with Crippen molar-refractivity contribution in [3.63, 3.8) is 0 Å². The van der Waals surface area contributed by atoms with Crippen LogP contribution in [0.4, 0.5) is 0 Å².